The number of para-hydroxylation sites is 1. The van der Waals surface area contributed by atoms with Gasteiger partial charge in [-0.3, -0.25) is 0 Å². The third-order valence-electron chi connectivity index (χ3n) is 7.14. The summed E-state index contributed by atoms with van der Waals surface area (Å²) in [4.78, 5) is 0. The van der Waals surface area contributed by atoms with E-state index in [0.29, 0.717) is 0 Å². The van der Waals surface area contributed by atoms with E-state index in [1.54, 1.807) is 0 Å². The fourth-order valence-electron chi connectivity index (χ4n) is 5.08. The van der Waals surface area contributed by atoms with Crippen LogP contribution in [-0.2, 0) is 0 Å². The van der Waals surface area contributed by atoms with E-state index < -0.39 is 0 Å². The van der Waals surface area contributed by atoms with Crippen molar-refractivity contribution in [1.29, 1.82) is 0 Å². The standard InChI is InChI=1S/C35H28O/c1-22(2)27-17-28(25-14-13-24(4)32(20-25)30-10-6-5-9-23(30)3)19-29(18-27)26-15-16-35-33(21-26)31-11-7-8-12-34(31)36-35/h5-21H,1H2,2-4H3. The SMILES string of the molecule is C=C(C)c1cc(-c2ccc(C)c(-c3ccccc3C)c2)cc(-c2ccc3oc4ccccc4c3c2)c1. The van der Waals surface area contributed by atoms with Crippen LogP contribution in [0.5, 0.6) is 0 Å². The first kappa shape index (κ1) is 22.1. The lowest BCUT2D eigenvalue weighted by Crippen LogP contribution is -1.90. The molecule has 0 saturated heterocycles. The molecule has 1 heterocycles. The first-order valence-corrected chi connectivity index (χ1v) is 12.4. The average Bonchev–Trinajstić information content (AvgIpc) is 3.27. The van der Waals surface area contributed by atoms with Crippen molar-refractivity contribution in [2.45, 2.75) is 20.8 Å². The second-order valence-electron chi connectivity index (χ2n) is 9.73. The van der Waals surface area contributed by atoms with Gasteiger partial charge in [-0.05, 0) is 113 Å². The molecule has 0 aliphatic heterocycles. The molecule has 1 nitrogen and oxygen atoms in total. The van der Waals surface area contributed by atoms with Crippen LogP contribution in [0.4, 0.5) is 0 Å². The summed E-state index contributed by atoms with van der Waals surface area (Å²) in [5.41, 5.74) is 13.9. The molecule has 0 atom stereocenters. The van der Waals surface area contributed by atoms with Crippen LogP contribution in [0.2, 0.25) is 0 Å². The van der Waals surface area contributed by atoms with Crippen molar-refractivity contribution in [3.8, 4) is 33.4 Å². The van der Waals surface area contributed by atoms with Gasteiger partial charge in [0, 0.05) is 10.8 Å². The van der Waals surface area contributed by atoms with Gasteiger partial charge in [0.05, 0.1) is 0 Å². The zero-order chi connectivity index (χ0) is 24.8. The molecule has 1 aromatic heterocycles. The lowest BCUT2D eigenvalue weighted by atomic mass is 9.90. The van der Waals surface area contributed by atoms with Crippen LogP contribution in [0, 0.1) is 13.8 Å². The van der Waals surface area contributed by atoms with E-state index in [1.807, 2.05) is 12.1 Å². The van der Waals surface area contributed by atoms with Gasteiger partial charge in [0.1, 0.15) is 11.2 Å². The van der Waals surface area contributed by atoms with Crippen LogP contribution >= 0.6 is 0 Å². The first-order chi connectivity index (χ1) is 17.5. The lowest BCUT2D eigenvalue weighted by molar-refractivity contribution is 0.669. The van der Waals surface area contributed by atoms with Gasteiger partial charge >= 0.3 is 0 Å². The minimum atomic E-state index is 0.914. The fraction of sp³-hybridized carbons (Fsp3) is 0.0857. The summed E-state index contributed by atoms with van der Waals surface area (Å²) in [6, 6.07) is 36.9. The Bertz CT molecular complexity index is 1780. The minimum Gasteiger partial charge on any atom is -0.456 e. The molecule has 0 N–H and O–H groups in total. The average molecular weight is 465 g/mol. The Labute approximate surface area is 212 Å². The highest BCUT2D eigenvalue weighted by atomic mass is 16.3. The van der Waals surface area contributed by atoms with Crippen LogP contribution in [0.15, 0.2) is 114 Å². The van der Waals surface area contributed by atoms with Crippen molar-refractivity contribution in [2.24, 2.45) is 0 Å². The maximum Gasteiger partial charge on any atom is 0.135 e. The maximum atomic E-state index is 6.06. The third kappa shape index (κ3) is 3.83. The quantitative estimate of drug-likeness (QED) is 0.253. The fourth-order valence-corrected chi connectivity index (χ4v) is 5.08. The van der Waals surface area contributed by atoms with Crippen molar-refractivity contribution in [3.63, 3.8) is 0 Å². The zero-order valence-electron chi connectivity index (χ0n) is 20.9. The van der Waals surface area contributed by atoms with Crippen LogP contribution in [0.1, 0.15) is 23.6 Å². The lowest BCUT2D eigenvalue weighted by Gasteiger charge is -2.14. The van der Waals surface area contributed by atoms with E-state index in [9.17, 15) is 0 Å². The molecular formula is C35H28O. The molecule has 0 aliphatic rings. The van der Waals surface area contributed by atoms with E-state index in [1.165, 1.54) is 44.5 Å². The van der Waals surface area contributed by atoms with Crippen molar-refractivity contribution in [1.82, 2.24) is 0 Å². The Hall–Kier alpha value is -4.36. The molecule has 0 saturated carbocycles. The van der Waals surface area contributed by atoms with Crippen molar-refractivity contribution in [3.05, 3.63) is 126 Å². The smallest absolute Gasteiger partial charge is 0.135 e. The number of aryl methyl sites for hydroxylation is 2. The van der Waals surface area contributed by atoms with E-state index in [4.69, 9.17) is 4.42 Å². The number of rotatable bonds is 4. The summed E-state index contributed by atoms with van der Waals surface area (Å²) in [5.74, 6) is 0. The van der Waals surface area contributed by atoms with Gasteiger partial charge in [-0.1, -0.05) is 72.8 Å². The van der Waals surface area contributed by atoms with E-state index in [-0.39, 0.29) is 0 Å². The van der Waals surface area contributed by atoms with E-state index in [2.05, 4.69) is 118 Å². The zero-order valence-corrected chi connectivity index (χ0v) is 20.9. The van der Waals surface area contributed by atoms with Crippen molar-refractivity contribution >= 4 is 27.5 Å². The highest BCUT2D eigenvalue weighted by Crippen LogP contribution is 2.37. The Morgan fingerprint density at radius 2 is 1.19 bits per heavy atom. The Balaban J connectivity index is 1.52. The highest BCUT2D eigenvalue weighted by Gasteiger charge is 2.12. The number of hydrogen-bond acceptors (Lipinski definition) is 1. The number of fused-ring (bicyclic) bond motifs is 3. The van der Waals surface area contributed by atoms with Crippen LogP contribution in [0.3, 0.4) is 0 Å². The molecule has 0 unspecified atom stereocenters. The van der Waals surface area contributed by atoms with Gasteiger partial charge in [0.25, 0.3) is 0 Å². The summed E-state index contributed by atoms with van der Waals surface area (Å²) in [6.45, 7) is 10.7. The molecule has 6 rings (SSSR count). The molecule has 6 aromatic rings. The number of furan rings is 1. The Morgan fingerprint density at radius 3 is 1.97 bits per heavy atom. The summed E-state index contributed by atoms with van der Waals surface area (Å²) in [6.07, 6.45) is 0. The first-order valence-electron chi connectivity index (χ1n) is 12.4. The van der Waals surface area contributed by atoms with Gasteiger partial charge in [-0.15, -0.1) is 0 Å². The van der Waals surface area contributed by atoms with Gasteiger partial charge in [0.15, 0.2) is 0 Å². The Morgan fingerprint density at radius 1 is 0.556 bits per heavy atom. The van der Waals surface area contributed by atoms with Crippen molar-refractivity contribution < 1.29 is 4.42 Å². The molecule has 0 bridgehead atoms. The van der Waals surface area contributed by atoms with Gasteiger partial charge in [-0.2, -0.15) is 0 Å². The molecule has 0 fully saturated rings. The second kappa shape index (κ2) is 8.70. The predicted octanol–water partition coefficient (Wildman–Crippen LogP) is 10.2. The number of allylic oxidation sites excluding steroid dienone is 1. The minimum absolute atomic E-state index is 0.914. The molecule has 0 amide bonds. The number of benzene rings is 5. The summed E-state index contributed by atoms with van der Waals surface area (Å²) >= 11 is 0. The van der Waals surface area contributed by atoms with Gasteiger partial charge in [0.2, 0.25) is 0 Å². The monoisotopic (exact) mass is 464 g/mol. The number of hydrogen-bond donors (Lipinski definition) is 0. The van der Waals surface area contributed by atoms with Gasteiger partial charge in [-0.25, -0.2) is 0 Å². The van der Waals surface area contributed by atoms with Crippen LogP contribution < -0.4 is 0 Å². The van der Waals surface area contributed by atoms with Crippen LogP contribution in [0.25, 0.3) is 60.9 Å². The third-order valence-corrected chi connectivity index (χ3v) is 7.14. The summed E-state index contributed by atoms with van der Waals surface area (Å²) in [7, 11) is 0. The molecule has 0 radical (unpaired) electrons. The molecular weight excluding hydrogens is 436 g/mol. The Kier molecular flexibility index (Phi) is 5.34. The van der Waals surface area contributed by atoms with E-state index >= 15 is 0 Å². The predicted molar refractivity (Wildman–Crippen MR) is 154 cm³/mol. The maximum absolute atomic E-state index is 6.06. The van der Waals surface area contributed by atoms with E-state index in [0.717, 1.165) is 33.1 Å². The molecule has 0 spiro atoms. The summed E-state index contributed by atoms with van der Waals surface area (Å²) < 4.78 is 6.06. The topological polar surface area (TPSA) is 13.1 Å². The highest BCUT2D eigenvalue weighted by molar-refractivity contribution is 6.06. The molecule has 0 aliphatic carbocycles. The van der Waals surface area contributed by atoms with Crippen molar-refractivity contribution in [2.75, 3.05) is 0 Å². The largest absolute Gasteiger partial charge is 0.456 e. The molecule has 174 valence electrons. The van der Waals surface area contributed by atoms with Crippen LogP contribution in [-0.4, -0.2) is 0 Å². The normalized spacial score (nSPS) is 11.3. The molecule has 36 heavy (non-hydrogen) atoms. The molecule has 5 aromatic carbocycles. The van der Waals surface area contributed by atoms with Gasteiger partial charge < -0.3 is 4.42 Å². The summed E-state index contributed by atoms with van der Waals surface area (Å²) in [5, 5.41) is 2.29. The molecule has 1 heteroatoms. The second-order valence-corrected chi connectivity index (χ2v) is 9.73.